The van der Waals surface area contributed by atoms with Crippen LogP contribution in [0.2, 0.25) is 0 Å². The number of hydrogen-bond acceptors (Lipinski definition) is 3. The lowest BCUT2D eigenvalue weighted by Crippen LogP contribution is -2.48. The Bertz CT molecular complexity index is 178. The Labute approximate surface area is 78.6 Å². The fourth-order valence-corrected chi connectivity index (χ4v) is 1.15. The zero-order chi connectivity index (χ0) is 9.73. The third-order valence-corrected chi connectivity index (χ3v) is 2.15. The maximum absolute atomic E-state index is 11.2. The van der Waals surface area contributed by atoms with Gasteiger partial charge >= 0.3 is 0 Å². The summed E-state index contributed by atoms with van der Waals surface area (Å²) in [5.41, 5.74) is 0.155. The normalized spacial score (nSPS) is 19.2. The first kappa shape index (κ1) is 10.5. The van der Waals surface area contributed by atoms with Crippen LogP contribution in [0.4, 0.5) is 0 Å². The van der Waals surface area contributed by atoms with Crippen molar-refractivity contribution < 1.29 is 14.3 Å². The van der Waals surface area contributed by atoms with E-state index in [0.29, 0.717) is 19.6 Å². The maximum atomic E-state index is 11.2. The van der Waals surface area contributed by atoms with Crippen LogP contribution < -0.4 is 5.32 Å². The molecule has 1 saturated heterocycles. The van der Waals surface area contributed by atoms with Crippen LogP contribution in [-0.4, -0.2) is 39.4 Å². The third kappa shape index (κ3) is 3.32. The van der Waals surface area contributed by atoms with Crippen LogP contribution in [0.25, 0.3) is 0 Å². The van der Waals surface area contributed by atoms with Gasteiger partial charge in [0.1, 0.15) is 0 Å². The highest BCUT2D eigenvalue weighted by Gasteiger charge is 2.33. The van der Waals surface area contributed by atoms with Crippen LogP contribution in [0, 0.1) is 5.41 Å². The molecule has 4 heteroatoms. The smallest absolute Gasteiger partial charge is 0.222 e. The number of nitrogens with one attached hydrogen (secondary N) is 1. The van der Waals surface area contributed by atoms with E-state index in [0.717, 1.165) is 13.2 Å². The van der Waals surface area contributed by atoms with Crippen LogP contribution in [0.3, 0.4) is 0 Å². The molecule has 0 aromatic heterocycles. The van der Waals surface area contributed by atoms with E-state index in [1.165, 1.54) is 0 Å². The van der Waals surface area contributed by atoms with E-state index in [2.05, 4.69) is 12.2 Å². The van der Waals surface area contributed by atoms with Crippen molar-refractivity contribution in [1.29, 1.82) is 0 Å². The number of amides is 1. The average Bonchev–Trinajstić information content (AvgIpc) is 2.08. The van der Waals surface area contributed by atoms with Crippen molar-refractivity contribution in [3.8, 4) is 0 Å². The molecule has 1 fully saturated rings. The molecular formula is C9H17NO3. The van der Waals surface area contributed by atoms with Crippen LogP contribution in [0.5, 0.6) is 0 Å². The Morgan fingerprint density at radius 2 is 2.31 bits per heavy atom. The Morgan fingerprint density at radius 3 is 2.77 bits per heavy atom. The molecule has 76 valence electrons. The second-order valence-electron chi connectivity index (χ2n) is 3.82. The third-order valence-electron chi connectivity index (χ3n) is 2.15. The van der Waals surface area contributed by atoms with Gasteiger partial charge in [-0.2, -0.15) is 0 Å². The average molecular weight is 187 g/mol. The van der Waals surface area contributed by atoms with E-state index < -0.39 is 0 Å². The molecule has 1 aliphatic heterocycles. The Morgan fingerprint density at radius 1 is 1.62 bits per heavy atom. The first-order valence-corrected chi connectivity index (χ1v) is 4.50. The molecule has 0 spiro atoms. The van der Waals surface area contributed by atoms with Crippen molar-refractivity contribution in [2.24, 2.45) is 5.41 Å². The van der Waals surface area contributed by atoms with E-state index >= 15 is 0 Å². The number of carbonyl (C=O) groups excluding carboxylic acids is 1. The highest BCUT2D eigenvalue weighted by atomic mass is 16.5. The number of rotatable bonds is 5. The summed E-state index contributed by atoms with van der Waals surface area (Å²) < 4.78 is 9.87. The molecule has 0 unspecified atom stereocenters. The minimum Gasteiger partial charge on any atom is -0.384 e. The van der Waals surface area contributed by atoms with Crippen LogP contribution in [0.15, 0.2) is 0 Å². The molecule has 0 atom stereocenters. The van der Waals surface area contributed by atoms with Gasteiger partial charge < -0.3 is 14.8 Å². The Hall–Kier alpha value is -0.610. The fraction of sp³-hybridized carbons (Fsp3) is 0.889. The summed E-state index contributed by atoms with van der Waals surface area (Å²) in [7, 11) is 1.59. The molecule has 0 aliphatic carbocycles. The van der Waals surface area contributed by atoms with E-state index in [1.807, 2.05) is 0 Å². The molecule has 1 amide bonds. The Balaban J connectivity index is 2.07. The lowest BCUT2D eigenvalue weighted by molar-refractivity contribution is -0.127. The van der Waals surface area contributed by atoms with Crippen LogP contribution >= 0.6 is 0 Å². The van der Waals surface area contributed by atoms with Gasteiger partial charge in [0.15, 0.2) is 0 Å². The van der Waals surface area contributed by atoms with Crippen molar-refractivity contribution in [2.45, 2.75) is 13.3 Å². The molecule has 0 bridgehead atoms. The minimum atomic E-state index is 0.0509. The first-order valence-electron chi connectivity index (χ1n) is 4.50. The second-order valence-corrected chi connectivity index (χ2v) is 3.82. The molecule has 0 aromatic rings. The standard InChI is InChI=1S/C9H17NO3/c1-9(6-13-7-9)5-10-8(11)3-4-12-2/h3-7H2,1-2H3,(H,10,11). The quantitative estimate of drug-likeness (QED) is 0.667. The number of methoxy groups -OCH3 is 1. The predicted molar refractivity (Wildman–Crippen MR) is 48.4 cm³/mol. The predicted octanol–water partition coefficient (Wildman–Crippen LogP) is 0.176. The zero-order valence-electron chi connectivity index (χ0n) is 8.26. The molecule has 1 N–H and O–H groups in total. The topological polar surface area (TPSA) is 47.6 Å². The zero-order valence-corrected chi connectivity index (χ0v) is 8.26. The molecule has 0 aromatic carbocycles. The summed E-state index contributed by atoms with van der Waals surface area (Å²) in [6.45, 7) is 4.79. The van der Waals surface area contributed by atoms with E-state index in [1.54, 1.807) is 7.11 Å². The van der Waals surface area contributed by atoms with E-state index in [-0.39, 0.29) is 11.3 Å². The fourth-order valence-electron chi connectivity index (χ4n) is 1.15. The van der Waals surface area contributed by atoms with Gasteiger partial charge in [-0.15, -0.1) is 0 Å². The summed E-state index contributed by atoms with van der Waals surface area (Å²) in [6.07, 6.45) is 0.438. The van der Waals surface area contributed by atoms with Gasteiger partial charge in [-0.1, -0.05) is 6.92 Å². The summed E-state index contributed by atoms with van der Waals surface area (Å²) in [5.74, 6) is 0.0509. The number of hydrogen-bond donors (Lipinski definition) is 1. The largest absolute Gasteiger partial charge is 0.384 e. The van der Waals surface area contributed by atoms with E-state index in [9.17, 15) is 4.79 Å². The van der Waals surface area contributed by atoms with Gasteiger partial charge in [0, 0.05) is 25.5 Å². The van der Waals surface area contributed by atoms with Gasteiger partial charge in [-0.05, 0) is 0 Å². The molecule has 4 nitrogen and oxygen atoms in total. The lowest BCUT2D eigenvalue weighted by atomic mass is 9.89. The molecular weight excluding hydrogens is 170 g/mol. The SMILES string of the molecule is COCCC(=O)NCC1(C)COC1. The lowest BCUT2D eigenvalue weighted by Gasteiger charge is -2.38. The first-order chi connectivity index (χ1) is 6.16. The molecule has 1 heterocycles. The van der Waals surface area contributed by atoms with Crippen molar-refractivity contribution >= 4 is 5.91 Å². The van der Waals surface area contributed by atoms with Crippen LogP contribution in [-0.2, 0) is 14.3 Å². The summed E-state index contributed by atoms with van der Waals surface area (Å²) in [5, 5.41) is 2.86. The maximum Gasteiger partial charge on any atom is 0.222 e. The molecule has 1 aliphatic rings. The van der Waals surface area contributed by atoms with Crippen LogP contribution in [0.1, 0.15) is 13.3 Å². The molecule has 0 saturated carbocycles. The van der Waals surface area contributed by atoms with Crippen molar-refractivity contribution in [2.75, 3.05) is 33.5 Å². The summed E-state index contributed by atoms with van der Waals surface area (Å²) >= 11 is 0. The molecule has 0 radical (unpaired) electrons. The van der Waals surface area contributed by atoms with Gasteiger partial charge in [-0.3, -0.25) is 4.79 Å². The second kappa shape index (κ2) is 4.58. The van der Waals surface area contributed by atoms with Gasteiger partial charge in [0.2, 0.25) is 5.91 Å². The minimum absolute atomic E-state index is 0.0509. The highest BCUT2D eigenvalue weighted by molar-refractivity contribution is 5.75. The summed E-state index contributed by atoms with van der Waals surface area (Å²) in [4.78, 5) is 11.2. The van der Waals surface area contributed by atoms with E-state index in [4.69, 9.17) is 9.47 Å². The van der Waals surface area contributed by atoms with Crippen molar-refractivity contribution in [3.05, 3.63) is 0 Å². The number of ether oxygens (including phenoxy) is 2. The Kier molecular flexibility index (Phi) is 3.69. The monoisotopic (exact) mass is 187 g/mol. The molecule has 1 rings (SSSR count). The van der Waals surface area contributed by atoms with Gasteiger partial charge in [-0.25, -0.2) is 0 Å². The van der Waals surface area contributed by atoms with Gasteiger partial charge in [0.05, 0.1) is 19.8 Å². The van der Waals surface area contributed by atoms with Gasteiger partial charge in [0.25, 0.3) is 0 Å². The summed E-state index contributed by atoms with van der Waals surface area (Å²) in [6, 6.07) is 0. The number of carbonyl (C=O) groups is 1. The van der Waals surface area contributed by atoms with Crippen molar-refractivity contribution in [1.82, 2.24) is 5.32 Å². The molecule has 13 heavy (non-hydrogen) atoms. The van der Waals surface area contributed by atoms with Crippen molar-refractivity contribution in [3.63, 3.8) is 0 Å². The highest BCUT2D eigenvalue weighted by Crippen LogP contribution is 2.24.